The van der Waals surface area contributed by atoms with Crippen LogP contribution in [0.4, 0.5) is 26.3 Å². The predicted molar refractivity (Wildman–Crippen MR) is 96.9 cm³/mol. The Bertz CT molecular complexity index is 1350. The van der Waals surface area contributed by atoms with Gasteiger partial charge in [-0.2, -0.15) is 26.3 Å². The van der Waals surface area contributed by atoms with E-state index in [4.69, 9.17) is 0 Å². The minimum atomic E-state index is -4.97. The second kappa shape index (κ2) is 7.07. The number of alkyl halides is 6. The molecule has 0 atom stereocenters. The third-order valence-electron chi connectivity index (χ3n) is 4.64. The average Bonchev–Trinajstić information content (AvgIpc) is 2.99. The molecule has 0 fully saturated rings. The van der Waals surface area contributed by atoms with Crippen LogP contribution in [0.1, 0.15) is 18.1 Å². The number of sulfone groups is 1. The Morgan fingerprint density at radius 1 is 1.00 bits per heavy atom. The van der Waals surface area contributed by atoms with Gasteiger partial charge in [-0.3, -0.25) is 14.3 Å². The van der Waals surface area contributed by atoms with Gasteiger partial charge in [-0.05, 0) is 12.1 Å². The lowest BCUT2D eigenvalue weighted by Gasteiger charge is -2.13. The standard InChI is InChI=1S/C17H14F6N4O3S/c1-4-31(29,30)11-5-8(16(18,19)20)7-24-12(11)13-25-10-6-9(17(21,22)23)15(28)27(3)14(10)26(13)2/h5-7H,4H2,1-3H3. The van der Waals surface area contributed by atoms with Crippen molar-refractivity contribution in [2.24, 2.45) is 14.1 Å². The molecule has 0 bridgehead atoms. The summed E-state index contributed by atoms with van der Waals surface area (Å²) >= 11 is 0. The van der Waals surface area contributed by atoms with E-state index < -0.39 is 55.2 Å². The van der Waals surface area contributed by atoms with Crippen LogP contribution in [0.15, 0.2) is 28.0 Å². The molecular formula is C17H14F6N4O3S. The molecule has 0 aliphatic heterocycles. The van der Waals surface area contributed by atoms with Gasteiger partial charge in [-0.25, -0.2) is 13.4 Å². The summed E-state index contributed by atoms with van der Waals surface area (Å²) in [5, 5.41) is 0. The first-order chi connectivity index (χ1) is 14.1. The molecule has 0 aliphatic carbocycles. The van der Waals surface area contributed by atoms with E-state index in [1.54, 1.807) is 0 Å². The molecule has 3 aromatic heterocycles. The van der Waals surface area contributed by atoms with Crippen LogP contribution in [0, 0.1) is 0 Å². The highest BCUT2D eigenvalue weighted by Gasteiger charge is 2.37. The van der Waals surface area contributed by atoms with E-state index in [2.05, 4.69) is 9.97 Å². The zero-order valence-corrected chi connectivity index (χ0v) is 16.9. The van der Waals surface area contributed by atoms with Crippen molar-refractivity contribution < 1.29 is 34.8 Å². The fourth-order valence-electron chi connectivity index (χ4n) is 3.06. The zero-order chi connectivity index (χ0) is 23.5. The van der Waals surface area contributed by atoms with Crippen LogP contribution < -0.4 is 5.56 Å². The van der Waals surface area contributed by atoms with Crippen molar-refractivity contribution in [1.82, 2.24) is 19.1 Å². The summed E-state index contributed by atoms with van der Waals surface area (Å²) in [7, 11) is -1.89. The molecule has 0 aromatic carbocycles. The lowest BCUT2D eigenvalue weighted by atomic mass is 10.2. The van der Waals surface area contributed by atoms with Gasteiger partial charge >= 0.3 is 12.4 Å². The largest absolute Gasteiger partial charge is 0.421 e. The lowest BCUT2D eigenvalue weighted by molar-refractivity contribution is -0.139. The van der Waals surface area contributed by atoms with Crippen LogP contribution in [0.2, 0.25) is 0 Å². The van der Waals surface area contributed by atoms with Crippen molar-refractivity contribution in [2.75, 3.05) is 5.75 Å². The van der Waals surface area contributed by atoms with E-state index in [0.29, 0.717) is 22.9 Å². The van der Waals surface area contributed by atoms with Gasteiger partial charge in [0.15, 0.2) is 15.7 Å². The fourth-order valence-corrected chi connectivity index (χ4v) is 4.11. The third-order valence-corrected chi connectivity index (χ3v) is 6.38. The number of nitrogens with zero attached hydrogens (tertiary/aromatic N) is 4. The van der Waals surface area contributed by atoms with Crippen LogP contribution in [0.25, 0.3) is 22.7 Å². The molecule has 31 heavy (non-hydrogen) atoms. The predicted octanol–water partition coefficient (Wildman–Crippen LogP) is 3.17. The first kappa shape index (κ1) is 22.8. The number of rotatable bonds is 3. The Balaban J connectivity index is 2.41. The normalized spacial score (nSPS) is 13.2. The highest BCUT2D eigenvalue weighted by molar-refractivity contribution is 7.91. The Morgan fingerprint density at radius 2 is 1.61 bits per heavy atom. The first-order valence-electron chi connectivity index (χ1n) is 8.53. The monoisotopic (exact) mass is 468 g/mol. The molecule has 0 amide bonds. The molecular weight excluding hydrogens is 454 g/mol. The summed E-state index contributed by atoms with van der Waals surface area (Å²) in [5.41, 5.74) is -5.06. The molecule has 3 aromatic rings. The molecule has 0 radical (unpaired) electrons. The van der Waals surface area contributed by atoms with E-state index in [0.717, 1.165) is 11.6 Å². The van der Waals surface area contributed by atoms with Crippen molar-refractivity contribution in [1.29, 1.82) is 0 Å². The topological polar surface area (TPSA) is 86.9 Å². The van der Waals surface area contributed by atoms with E-state index in [-0.39, 0.29) is 17.0 Å². The molecule has 0 aliphatic rings. The highest BCUT2D eigenvalue weighted by Crippen LogP contribution is 2.35. The second-order valence-corrected chi connectivity index (χ2v) is 8.84. The smallest absolute Gasteiger partial charge is 0.312 e. The molecule has 3 rings (SSSR count). The van der Waals surface area contributed by atoms with Crippen LogP contribution in [0.3, 0.4) is 0 Å². The number of pyridine rings is 2. The van der Waals surface area contributed by atoms with Gasteiger partial charge in [0.1, 0.15) is 22.4 Å². The molecule has 0 saturated heterocycles. The van der Waals surface area contributed by atoms with Gasteiger partial charge in [-0.15, -0.1) is 0 Å². The molecule has 7 nitrogen and oxygen atoms in total. The van der Waals surface area contributed by atoms with Gasteiger partial charge in [0.2, 0.25) is 0 Å². The Kier molecular flexibility index (Phi) is 5.19. The summed E-state index contributed by atoms with van der Waals surface area (Å²) in [6, 6.07) is 0.903. The quantitative estimate of drug-likeness (QED) is 0.552. The van der Waals surface area contributed by atoms with Gasteiger partial charge in [-0.1, -0.05) is 6.92 Å². The Hall–Kier alpha value is -2.90. The van der Waals surface area contributed by atoms with E-state index in [1.807, 2.05) is 0 Å². The summed E-state index contributed by atoms with van der Waals surface area (Å²) in [4.78, 5) is 18.9. The second-order valence-electron chi connectivity index (χ2n) is 6.60. The van der Waals surface area contributed by atoms with Gasteiger partial charge < -0.3 is 4.57 Å². The van der Waals surface area contributed by atoms with E-state index in [9.17, 15) is 39.6 Å². The maximum Gasteiger partial charge on any atom is 0.421 e. The van der Waals surface area contributed by atoms with Crippen molar-refractivity contribution in [2.45, 2.75) is 24.2 Å². The zero-order valence-electron chi connectivity index (χ0n) is 16.1. The fraction of sp³-hybridized carbons (Fsp3) is 0.353. The van der Waals surface area contributed by atoms with Gasteiger partial charge in [0, 0.05) is 20.3 Å². The van der Waals surface area contributed by atoms with Crippen molar-refractivity contribution >= 4 is 21.0 Å². The number of aromatic nitrogens is 4. The van der Waals surface area contributed by atoms with Crippen molar-refractivity contribution in [3.8, 4) is 11.5 Å². The van der Waals surface area contributed by atoms with Crippen molar-refractivity contribution in [3.05, 3.63) is 39.8 Å². The number of halogens is 6. The summed E-state index contributed by atoms with van der Waals surface area (Å²) in [5.74, 6) is -0.867. The summed E-state index contributed by atoms with van der Waals surface area (Å²) < 4.78 is 105. The third kappa shape index (κ3) is 3.79. The van der Waals surface area contributed by atoms with Gasteiger partial charge in [0.05, 0.1) is 16.2 Å². The molecule has 0 N–H and O–H groups in total. The average molecular weight is 468 g/mol. The molecule has 168 valence electrons. The Labute approximate surface area is 170 Å². The van der Waals surface area contributed by atoms with E-state index >= 15 is 0 Å². The summed E-state index contributed by atoms with van der Waals surface area (Å²) in [6.07, 6.45) is -9.44. The maximum atomic E-state index is 13.2. The lowest BCUT2D eigenvalue weighted by Crippen LogP contribution is -2.27. The van der Waals surface area contributed by atoms with E-state index in [1.165, 1.54) is 14.0 Å². The SMILES string of the molecule is CCS(=O)(=O)c1cc(C(F)(F)F)cnc1-c1nc2cc(C(F)(F)F)c(=O)n(C)c2n1C. The molecule has 0 saturated carbocycles. The Morgan fingerprint density at radius 3 is 2.13 bits per heavy atom. The van der Waals surface area contributed by atoms with Crippen LogP contribution in [-0.4, -0.2) is 33.3 Å². The molecule has 0 unspecified atom stereocenters. The van der Waals surface area contributed by atoms with Crippen molar-refractivity contribution in [3.63, 3.8) is 0 Å². The number of hydrogen-bond acceptors (Lipinski definition) is 5. The molecule has 3 heterocycles. The van der Waals surface area contributed by atoms with Crippen LogP contribution in [-0.2, 0) is 36.3 Å². The number of fused-ring (bicyclic) bond motifs is 1. The summed E-state index contributed by atoms with van der Waals surface area (Å²) in [6.45, 7) is 1.22. The first-order valence-corrected chi connectivity index (χ1v) is 10.2. The van der Waals surface area contributed by atoms with Gasteiger partial charge in [0.25, 0.3) is 5.56 Å². The minimum Gasteiger partial charge on any atom is -0.312 e. The number of hydrogen-bond donors (Lipinski definition) is 0. The molecule has 0 spiro atoms. The maximum absolute atomic E-state index is 13.2. The van der Waals surface area contributed by atoms with Crippen LogP contribution >= 0.6 is 0 Å². The minimum absolute atomic E-state index is 0.102. The number of imidazole rings is 1. The van der Waals surface area contributed by atoms with Crippen LogP contribution in [0.5, 0.6) is 0 Å². The number of aryl methyl sites for hydroxylation is 2. The molecule has 14 heteroatoms. The highest BCUT2D eigenvalue weighted by atomic mass is 32.2.